The summed E-state index contributed by atoms with van der Waals surface area (Å²) in [5.74, 6) is 1.01. The van der Waals surface area contributed by atoms with Crippen LogP contribution >= 0.6 is 24.0 Å². The number of pyridine rings is 1. The minimum absolute atomic E-state index is 0. The minimum atomic E-state index is 0. The summed E-state index contributed by atoms with van der Waals surface area (Å²) in [5.41, 5.74) is 2.61. The van der Waals surface area contributed by atoms with E-state index in [4.69, 9.17) is 4.74 Å². The third-order valence-corrected chi connectivity index (χ3v) is 5.35. The minimum Gasteiger partial charge on any atom is -0.381 e. The van der Waals surface area contributed by atoms with Crippen LogP contribution in [-0.4, -0.2) is 60.7 Å². The second kappa shape index (κ2) is 7.90. The Morgan fingerprint density at radius 2 is 2.40 bits per heavy atom. The zero-order chi connectivity index (χ0) is 16.4. The fourth-order valence-electron chi connectivity index (χ4n) is 3.95. The maximum atomic E-state index is 5.62. The lowest BCUT2D eigenvalue weighted by molar-refractivity contribution is 0.156. The number of aliphatic imine (C=N–C) groups is 1. The number of nitrogens with zero attached hydrogens (tertiary/aromatic N) is 3. The van der Waals surface area contributed by atoms with Crippen molar-refractivity contribution in [2.24, 2.45) is 10.4 Å². The average molecular weight is 455 g/mol. The number of nitrogens with one attached hydrogen (secondary N) is 2. The van der Waals surface area contributed by atoms with Crippen molar-refractivity contribution in [1.29, 1.82) is 0 Å². The Hall–Kier alpha value is -1.35. The van der Waals surface area contributed by atoms with Gasteiger partial charge in [-0.2, -0.15) is 0 Å². The first-order valence-electron chi connectivity index (χ1n) is 8.74. The maximum absolute atomic E-state index is 5.62. The summed E-state index contributed by atoms with van der Waals surface area (Å²) in [4.78, 5) is 14.4. The number of rotatable bonds is 3. The molecule has 2 N–H and O–H groups in total. The van der Waals surface area contributed by atoms with Crippen LogP contribution in [0.4, 0.5) is 0 Å². The number of halogens is 1. The van der Waals surface area contributed by atoms with Gasteiger partial charge in [-0.1, -0.05) is 0 Å². The van der Waals surface area contributed by atoms with Gasteiger partial charge in [0.25, 0.3) is 0 Å². The topological polar surface area (TPSA) is 65.5 Å². The normalized spacial score (nSPS) is 23.4. The molecular weight excluding hydrogens is 429 g/mol. The summed E-state index contributed by atoms with van der Waals surface area (Å²) in [6.07, 6.45) is 7.22. The van der Waals surface area contributed by atoms with Gasteiger partial charge in [-0.15, -0.1) is 24.0 Å². The molecule has 136 valence electrons. The standard InChI is InChI=1S/C18H25N5O.HI/c1-19-17(23-9-5-18(12-23)6-10-24-13-18)21-8-4-14-11-22-16-15(14)3-2-7-20-16;/h2-3,7,11H,4-6,8-10,12-13H2,1H3,(H,19,21)(H,20,22);1H. The number of aromatic nitrogens is 2. The molecule has 2 aliphatic heterocycles. The van der Waals surface area contributed by atoms with Gasteiger partial charge in [0.05, 0.1) is 6.61 Å². The number of ether oxygens (including phenoxy) is 1. The molecule has 2 fully saturated rings. The lowest BCUT2D eigenvalue weighted by Crippen LogP contribution is -2.42. The molecule has 0 bridgehead atoms. The van der Waals surface area contributed by atoms with E-state index in [9.17, 15) is 0 Å². The molecule has 0 amide bonds. The maximum Gasteiger partial charge on any atom is 0.193 e. The molecule has 2 aromatic heterocycles. The predicted octanol–water partition coefficient (Wildman–Crippen LogP) is 2.41. The summed E-state index contributed by atoms with van der Waals surface area (Å²) in [7, 11) is 1.87. The van der Waals surface area contributed by atoms with Gasteiger partial charge in [0.1, 0.15) is 5.65 Å². The summed E-state index contributed by atoms with van der Waals surface area (Å²) in [6.45, 7) is 4.82. The molecule has 4 heterocycles. The molecule has 2 saturated heterocycles. The Kier molecular flexibility index (Phi) is 5.83. The second-order valence-electron chi connectivity index (χ2n) is 6.91. The van der Waals surface area contributed by atoms with Crippen LogP contribution in [0.2, 0.25) is 0 Å². The van der Waals surface area contributed by atoms with Crippen LogP contribution in [0.1, 0.15) is 18.4 Å². The molecule has 1 atom stereocenters. The Bertz CT molecular complexity index is 738. The van der Waals surface area contributed by atoms with Crippen molar-refractivity contribution in [3.05, 3.63) is 30.1 Å². The first-order valence-corrected chi connectivity index (χ1v) is 8.74. The van der Waals surface area contributed by atoms with E-state index in [0.717, 1.165) is 50.9 Å². The Labute approximate surface area is 165 Å². The molecule has 2 aliphatic rings. The van der Waals surface area contributed by atoms with Gasteiger partial charge >= 0.3 is 0 Å². The highest BCUT2D eigenvalue weighted by molar-refractivity contribution is 14.0. The van der Waals surface area contributed by atoms with Crippen LogP contribution in [0.15, 0.2) is 29.5 Å². The van der Waals surface area contributed by atoms with Crippen LogP contribution in [0, 0.1) is 5.41 Å². The van der Waals surface area contributed by atoms with E-state index >= 15 is 0 Å². The number of hydrogen-bond donors (Lipinski definition) is 2. The number of aromatic amines is 1. The summed E-state index contributed by atoms with van der Waals surface area (Å²) < 4.78 is 5.62. The van der Waals surface area contributed by atoms with Gasteiger partial charge in [-0.3, -0.25) is 4.99 Å². The molecule has 0 aliphatic carbocycles. The molecule has 1 unspecified atom stereocenters. The van der Waals surface area contributed by atoms with Crippen molar-refractivity contribution in [2.75, 3.05) is 39.9 Å². The lowest BCUT2D eigenvalue weighted by Gasteiger charge is -2.24. The molecule has 25 heavy (non-hydrogen) atoms. The van der Waals surface area contributed by atoms with Gasteiger partial charge in [-0.25, -0.2) is 4.98 Å². The van der Waals surface area contributed by atoms with E-state index in [0.29, 0.717) is 5.41 Å². The van der Waals surface area contributed by atoms with Gasteiger partial charge in [0.15, 0.2) is 5.96 Å². The Balaban J connectivity index is 0.00000182. The van der Waals surface area contributed by atoms with Crippen LogP contribution < -0.4 is 5.32 Å². The highest BCUT2D eigenvalue weighted by Crippen LogP contribution is 2.38. The second-order valence-corrected chi connectivity index (χ2v) is 6.91. The molecule has 2 aromatic rings. The largest absolute Gasteiger partial charge is 0.381 e. The smallest absolute Gasteiger partial charge is 0.193 e. The lowest BCUT2D eigenvalue weighted by atomic mass is 9.87. The fraction of sp³-hybridized carbons (Fsp3) is 0.556. The molecule has 7 heteroatoms. The summed E-state index contributed by atoms with van der Waals surface area (Å²) >= 11 is 0. The fourth-order valence-corrected chi connectivity index (χ4v) is 3.95. The van der Waals surface area contributed by atoms with Gasteiger partial charge in [0, 0.05) is 56.5 Å². The molecule has 0 radical (unpaired) electrons. The quantitative estimate of drug-likeness (QED) is 0.424. The van der Waals surface area contributed by atoms with E-state index in [-0.39, 0.29) is 24.0 Å². The van der Waals surface area contributed by atoms with E-state index in [1.165, 1.54) is 23.8 Å². The molecule has 0 aromatic carbocycles. The summed E-state index contributed by atoms with van der Waals surface area (Å²) in [5, 5.41) is 4.73. The van der Waals surface area contributed by atoms with Gasteiger partial charge in [-0.05, 0) is 37.0 Å². The SMILES string of the molecule is CN=C(NCCc1c[nH]c2ncccc12)N1CCC2(CCOC2)C1.I. The van der Waals surface area contributed by atoms with Gasteiger partial charge < -0.3 is 19.9 Å². The Morgan fingerprint density at radius 3 is 3.20 bits per heavy atom. The summed E-state index contributed by atoms with van der Waals surface area (Å²) in [6, 6.07) is 4.10. The van der Waals surface area contributed by atoms with E-state index in [1.807, 2.05) is 19.3 Å². The number of fused-ring (bicyclic) bond motifs is 1. The first-order chi connectivity index (χ1) is 11.8. The van der Waals surface area contributed by atoms with Gasteiger partial charge in [0.2, 0.25) is 0 Å². The van der Waals surface area contributed by atoms with E-state index in [1.54, 1.807) is 0 Å². The van der Waals surface area contributed by atoms with E-state index < -0.39 is 0 Å². The molecule has 6 nitrogen and oxygen atoms in total. The molecular formula is C18H26IN5O. The van der Waals surface area contributed by atoms with Crippen LogP contribution in [0.5, 0.6) is 0 Å². The number of H-pyrrole nitrogens is 1. The van der Waals surface area contributed by atoms with Crippen LogP contribution in [0.3, 0.4) is 0 Å². The zero-order valence-corrected chi connectivity index (χ0v) is 17.0. The molecule has 4 rings (SSSR count). The number of likely N-dealkylation sites (tertiary alicyclic amines) is 1. The average Bonchev–Trinajstić information content (AvgIpc) is 3.34. The zero-order valence-electron chi connectivity index (χ0n) is 14.6. The van der Waals surface area contributed by atoms with Crippen molar-refractivity contribution >= 4 is 41.0 Å². The highest BCUT2D eigenvalue weighted by Gasteiger charge is 2.42. The Morgan fingerprint density at radius 1 is 1.48 bits per heavy atom. The molecule has 1 spiro atoms. The van der Waals surface area contributed by atoms with Crippen LogP contribution in [-0.2, 0) is 11.2 Å². The van der Waals surface area contributed by atoms with Crippen molar-refractivity contribution in [3.63, 3.8) is 0 Å². The van der Waals surface area contributed by atoms with Crippen LogP contribution in [0.25, 0.3) is 11.0 Å². The molecule has 0 saturated carbocycles. The monoisotopic (exact) mass is 455 g/mol. The van der Waals surface area contributed by atoms with Crippen molar-refractivity contribution in [2.45, 2.75) is 19.3 Å². The van der Waals surface area contributed by atoms with Crippen molar-refractivity contribution in [3.8, 4) is 0 Å². The van der Waals surface area contributed by atoms with Crippen molar-refractivity contribution in [1.82, 2.24) is 20.2 Å². The van der Waals surface area contributed by atoms with E-state index in [2.05, 4.69) is 37.4 Å². The highest BCUT2D eigenvalue weighted by atomic mass is 127. The first kappa shape index (κ1) is 18.4. The third-order valence-electron chi connectivity index (χ3n) is 5.35. The van der Waals surface area contributed by atoms with Crippen molar-refractivity contribution < 1.29 is 4.74 Å². The number of guanidine groups is 1. The predicted molar refractivity (Wildman–Crippen MR) is 111 cm³/mol. The number of hydrogen-bond acceptors (Lipinski definition) is 3. The third kappa shape index (κ3) is 3.76.